The monoisotopic (exact) mass is 384 g/mol. The first kappa shape index (κ1) is 18.9. The van der Waals surface area contributed by atoms with Gasteiger partial charge in [0.05, 0.1) is 11.5 Å². The maximum absolute atomic E-state index is 12.7. The van der Waals surface area contributed by atoms with Gasteiger partial charge in [-0.2, -0.15) is 0 Å². The van der Waals surface area contributed by atoms with E-state index in [1.165, 1.54) is 18.4 Å². The summed E-state index contributed by atoms with van der Waals surface area (Å²) >= 11 is 1.46. The zero-order valence-electron chi connectivity index (χ0n) is 15.1. The molecule has 2 aromatic carbocycles. The first-order valence-corrected chi connectivity index (χ1v) is 9.22. The van der Waals surface area contributed by atoms with Crippen LogP contribution in [0.4, 0.5) is 16.2 Å². The summed E-state index contributed by atoms with van der Waals surface area (Å²) in [7, 11) is 1.53. The van der Waals surface area contributed by atoms with Gasteiger partial charge in [-0.15, -0.1) is 11.3 Å². The number of ether oxygens (including phenoxy) is 2. The number of rotatable bonds is 6. The van der Waals surface area contributed by atoms with Crippen LogP contribution in [0.15, 0.2) is 48.5 Å². The van der Waals surface area contributed by atoms with Crippen LogP contribution in [0.5, 0.6) is 0 Å². The van der Waals surface area contributed by atoms with Crippen LogP contribution in [0.3, 0.4) is 0 Å². The van der Waals surface area contributed by atoms with Gasteiger partial charge >= 0.3 is 6.09 Å². The van der Waals surface area contributed by atoms with Gasteiger partial charge in [0.15, 0.2) is 0 Å². The molecule has 27 heavy (non-hydrogen) atoms. The SMILES string of the molecule is COCCOC(=O)Nc1cccc(NC(=O)c2sc3ccccc3c2C)c1. The van der Waals surface area contributed by atoms with Crippen LogP contribution in [-0.2, 0) is 9.47 Å². The van der Waals surface area contributed by atoms with Crippen molar-refractivity contribution in [3.8, 4) is 0 Å². The molecule has 0 aliphatic rings. The largest absolute Gasteiger partial charge is 0.447 e. The van der Waals surface area contributed by atoms with Crippen LogP contribution >= 0.6 is 11.3 Å². The molecule has 0 radical (unpaired) electrons. The number of methoxy groups -OCH3 is 1. The van der Waals surface area contributed by atoms with Gasteiger partial charge in [-0.3, -0.25) is 10.1 Å². The molecule has 0 spiro atoms. The Morgan fingerprint density at radius 2 is 1.74 bits per heavy atom. The van der Waals surface area contributed by atoms with E-state index >= 15 is 0 Å². The van der Waals surface area contributed by atoms with Crippen molar-refractivity contribution in [3.63, 3.8) is 0 Å². The van der Waals surface area contributed by atoms with Gasteiger partial charge in [-0.05, 0) is 42.1 Å². The molecular formula is C20H20N2O4S. The van der Waals surface area contributed by atoms with Crippen molar-refractivity contribution in [2.24, 2.45) is 0 Å². The van der Waals surface area contributed by atoms with Crippen LogP contribution in [0.2, 0.25) is 0 Å². The Morgan fingerprint density at radius 3 is 2.48 bits per heavy atom. The maximum atomic E-state index is 12.7. The molecule has 0 unspecified atom stereocenters. The number of carbonyl (C=O) groups excluding carboxylic acids is 2. The lowest BCUT2D eigenvalue weighted by Crippen LogP contribution is -2.16. The Labute approximate surface area is 161 Å². The highest BCUT2D eigenvalue weighted by atomic mass is 32.1. The zero-order chi connectivity index (χ0) is 19.2. The number of fused-ring (bicyclic) bond motifs is 1. The molecule has 3 aromatic rings. The van der Waals surface area contributed by atoms with Crippen molar-refractivity contribution in [1.29, 1.82) is 0 Å². The van der Waals surface area contributed by atoms with Crippen molar-refractivity contribution in [3.05, 3.63) is 59.0 Å². The van der Waals surface area contributed by atoms with Crippen molar-refractivity contribution >= 4 is 44.8 Å². The minimum atomic E-state index is -0.573. The lowest BCUT2D eigenvalue weighted by Gasteiger charge is -2.09. The summed E-state index contributed by atoms with van der Waals surface area (Å²) in [5.41, 5.74) is 2.08. The molecule has 1 aromatic heterocycles. The fourth-order valence-electron chi connectivity index (χ4n) is 2.63. The lowest BCUT2D eigenvalue weighted by atomic mass is 10.1. The number of aryl methyl sites for hydroxylation is 1. The normalized spacial score (nSPS) is 10.6. The fraction of sp³-hybridized carbons (Fsp3) is 0.200. The summed E-state index contributed by atoms with van der Waals surface area (Å²) in [5, 5.41) is 6.59. The number of nitrogens with one attached hydrogen (secondary N) is 2. The number of hydrogen-bond acceptors (Lipinski definition) is 5. The molecule has 7 heteroatoms. The molecule has 3 rings (SSSR count). The smallest absolute Gasteiger partial charge is 0.411 e. The first-order valence-electron chi connectivity index (χ1n) is 8.40. The van der Waals surface area contributed by atoms with E-state index in [-0.39, 0.29) is 12.5 Å². The lowest BCUT2D eigenvalue weighted by molar-refractivity contribution is 0.103. The summed E-state index contributed by atoms with van der Waals surface area (Å²) in [6.45, 7) is 2.45. The third-order valence-electron chi connectivity index (χ3n) is 3.94. The molecule has 0 saturated carbocycles. The summed E-state index contributed by atoms with van der Waals surface area (Å²) < 4.78 is 10.9. The Balaban J connectivity index is 1.69. The standard InChI is InChI=1S/C20H20N2O4S/c1-13-16-8-3-4-9-17(16)27-18(13)19(23)21-14-6-5-7-15(12-14)22-20(24)26-11-10-25-2/h3-9,12H,10-11H2,1-2H3,(H,21,23)(H,22,24). The number of hydrogen-bond donors (Lipinski definition) is 2. The molecule has 140 valence electrons. The van der Waals surface area contributed by atoms with E-state index in [9.17, 15) is 9.59 Å². The van der Waals surface area contributed by atoms with Crippen LogP contribution in [0, 0.1) is 6.92 Å². The van der Waals surface area contributed by atoms with Crippen molar-refractivity contribution in [2.45, 2.75) is 6.92 Å². The molecule has 0 atom stereocenters. The number of anilines is 2. The predicted octanol–water partition coefficient (Wildman–Crippen LogP) is 4.66. The summed E-state index contributed by atoms with van der Waals surface area (Å²) in [6.07, 6.45) is -0.573. The third-order valence-corrected chi connectivity index (χ3v) is 5.21. The molecule has 6 nitrogen and oxygen atoms in total. The van der Waals surface area contributed by atoms with E-state index in [0.717, 1.165) is 15.6 Å². The quantitative estimate of drug-likeness (QED) is 0.606. The van der Waals surface area contributed by atoms with E-state index in [4.69, 9.17) is 9.47 Å². The number of benzene rings is 2. The van der Waals surface area contributed by atoms with Crippen molar-refractivity contribution in [2.75, 3.05) is 31.0 Å². The van der Waals surface area contributed by atoms with Gasteiger partial charge in [0.2, 0.25) is 0 Å². The first-order chi connectivity index (χ1) is 13.1. The van der Waals surface area contributed by atoms with Crippen molar-refractivity contribution in [1.82, 2.24) is 0 Å². The Hall–Kier alpha value is -2.90. The average Bonchev–Trinajstić information content (AvgIpc) is 2.99. The van der Waals surface area contributed by atoms with E-state index in [0.29, 0.717) is 22.9 Å². The molecular weight excluding hydrogens is 364 g/mol. The second kappa shape index (κ2) is 8.66. The molecule has 0 bridgehead atoms. The predicted molar refractivity (Wildman–Crippen MR) is 108 cm³/mol. The van der Waals surface area contributed by atoms with E-state index < -0.39 is 6.09 Å². The van der Waals surface area contributed by atoms with Gasteiger partial charge in [0, 0.05) is 23.2 Å². The summed E-state index contributed by atoms with van der Waals surface area (Å²) in [5.74, 6) is -0.173. The summed E-state index contributed by atoms with van der Waals surface area (Å²) in [6, 6.07) is 14.9. The molecule has 0 aliphatic heterocycles. The van der Waals surface area contributed by atoms with Crippen LogP contribution < -0.4 is 10.6 Å². The number of carbonyl (C=O) groups is 2. The van der Waals surface area contributed by atoms with Gasteiger partial charge < -0.3 is 14.8 Å². The molecule has 0 aliphatic carbocycles. The van der Waals surface area contributed by atoms with Crippen LogP contribution in [0.1, 0.15) is 15.2 Å². The van der Waals surface area contributed by atoms with E-state index in [1.807, 2.05) is 31.2 Å². The molecule has 0 saturated heterocycles. The second-order valence-electron chi connectivity index (χ2n) is 5.84. The molecule has 0 fully saturated rings. The third kappa shape index (κ3) is 4.64. The zero-order valence-corrected chi connectivity index (χ0v) is 15.9. The van der Waals surface area contributed by atoms with Gasteiger partial charge in [-0.1, -0.05) is 24.3 Å². The van der Waals surface area contributed by atoms with Crippen molar-refractivity contribution < 1.29 is 19.1 Å². The Morgan fingerprint density at radius 1 is 1.00 bits per heavy atom. The topological polar surface area (TPSA) is 76.7 Å². The Bertz CT molecular complexity index is 968. The van der Waals surface area contributed by atoms with Gasteiger partial charge in [0.25, 0.3) is 5.91 Å². The van der Waals surface area contributed by atoms with Crippen LogP contribution in [0.25, 0.3) is 10.1 Å². The molecule has 2 N–H and O–H groups in total. The van der Waals surface area contributed by atoms with E-state index in [1.54, 1.807) is 24.3 Å². The highest BCUT2D eigenvalue weighted by Crippen LogP contribution is 2.31. The average molecular weight is 384 g/mol. The molecule has 2 amide bonds. The minimum Gasteiger partial charge on any atom is -0.447 e. The van der Waals surface area contributed by atoms with Gasteiger partial charge in [0.1, 0.15) is 6.61 Å². The highest BCUT2D eigenvalue weighted by Gasteiger charge is 2.15. The van der Waals surface area contributed by atoms with Gasteiger partial charge in [-0.25, -0.2) is 4.79 Å². The number of thiophene rings is 1. The van der Waals surface area contributed by atoms with Crippen LogP contribution in [-0.4, -0.2) is 32.3 Å². The Kier molecular flexibility index (Phi) is 6.05. The maximum Gasteiger partial charge on any atom is 0.411 e. The molecule has 1 heterocycles. The summed E-state index contributed by atoms with van der Waals surface area (Å²) in [4.78, 5) is 25.1. The second-order valence-corrected chi connectivity index (χ2v) is 6.89. The van der Waals surface area contributed by atoms with E-state index in [2.05, 4.69) is 10.6 Å². The highest BCUT2D eigenvalue weighted by molar-refractivity contribution is 7.21. The number of amides is 2. The minimum absolute atomic E-state index is 0.171. The fourth-order valence-corrected chi connectivity index (χ4v) is 3.73.